The Balaban J connectivity index is 1.75. The Labute approximate surface area is 177 Å². The average molecular weight is 422 g/mol. The number of nitrogens with zero attached hydrogens (tertiary/aromatic N) is 3. The standard InChI is InChI=1S/C22H19FN4O2S/c1-2-7-20-26-27-22(30-20)25-21(28)17(13-24)12-15-8-4-6-11-19(15)29-14-16-9-3-5-10-18(16)23/h3-6,8-12H,2,7,14H2,1H3,(H,25,27,28)/b17-12-. The number of nitriles is 1. The summed E-state index contributed by atoms with van der Waals surface area (Å²) < 4.78 is 19.6. The summed E-state index contributed by atoms with van der Waals surface area (Å²) in [7, 11) is 0. The minimum Gasteiger partial charge on any atom is -0.488 e. The van der Waals surface area contributed by atoms with Gasteiger partial charge < -0.3 is 4.74 Å². The number of carbonyl (C=O) groups is 1. The topological polar surface area (TPSA) is 87.9 Å². The second-order valence-electron chi connectivity index (χ2n) is 6.29. The van der Waals surface area contributed by atoms with Gasteiger partial charge in [-0.05, 0) is 24.6 Å². The van der Waals surface area contributed by atoms with Crippen LogP contribution in [0.15, 0.2) is 54.1 Å². The van der Waals surface area contributed by atoms with Gasteiger partial charge in [-0.15, -0.1) is 10.2 Å². The number of rotatable bonds is 8. The first-order chi connectivity index (χ1) is 14.6. The van der Waals surface area contributed by atoms with Crippen LogP contribution in [0.2, 0.25) is 0 Å². The highest BCUT2D eigenvalue weighted by Crippen LogP contribution is 2.23. The maximum Gasteiger partial charge on any atom is 0.268 e. The van der Waals surface area contributed by atoms with E-state index in [2.05, 4.69) is 15.5 Å². The Bertz CT molecular complexity index is 1100. The maximum absolute atomic E-state index is 13.8. The Morgan fingerprint density at radius 1 is 1.23 bits per heavy atom. The molecular weight excluding hydrogens is 403 g/mol. The van der Waals surface area contributed by atoms with Crippen LogP contribution in [0.1, 0.15) is 29.5 Å². The van der Waals surface area contributed by atoms with Crippen LogP contribution in [0.25, 0.3) is 6.08 Å². The molecule has 1 N–H and O–H groups in total. The molecule has 0 radical (unpaired) electrons. The van der Waals surface area contributed by atoms with E-state index in [1.807, 2.05) is 13.0 Å². The van der Waals surface area contributed by atoms with Gasteiger partial charge in [0.05, 0.1) is 0 Å². The molecule has 1 aromatic heterocycles. The van der Waals surface area contributed by atoms with Crippen LogP contribution >= 0.6 is 11.3 Å². The molecule has 0 saturated carbocycles. The van der Waals surface area contributed by atoms with Crippen LogP contribution in [-0.4, -0.2) is 16.1 Å². The van der Waals surface area contributed by atoms with Crippen molar-refractivity contribution in [3.63, 3.8) is 0 Å². The van der Waals surface area contributed by atoms with E-state index in [4.69, 9.17) is 4.74 Å². The quantitative estimate of drug-likeness (QED) is 0.418. The molecule has 30 heavy (non-hydrogen) atoms. The molecule has 1 amide bonds. The minimum absolute atomic E-state index is 0.0244. The summed E-state index contributed by atoms with van der Waals surface area (Å²) in [5.74, 6) is -0.509. The maximum atomic E-state index is 13.8. The van der Waals surface area contributed by atoms with E-state index >= 15 is 0 Å². The summed E-state index contributed by atoms with van der Waals surface area (Å²) in [4.78, 5) is 12.5. The lowest BCUT2D eigenvalue weighted by Crippen LogP contribution is -2.13. The Hall–Kier alpha value is -3.57. The number of para-hydroxylation sites is 1. The highest BCUT2D eigenvalue weighted by molar-refractivity contribution is 7.15. The molecule has 1 heterocycles. The highest BCUT2D eigenvalue weighted by Gasteiger charge is 2.14. The summed E-state index contributed by atoms with van der Waals surface area (Å²) in [5.41, 5.74) is 0.836. The molecule has 8 heteroatoms. The number of amides is 1. The number of hydrogen-bond donors (Lipinski definition) is 1. The third-order valence-corrected chi connectivity index (χ3v) is 4.97. The molecule has 2 aromatic carbocycles. The number of benzene rings is 2. The van der Waals surface area contributed by atoms with Gasteiger partial charge >= 0.3 is 0 Å². The first-order valence-electron chi connectivity index (χ1n) is 9.31. The minimum atomic E-state index is -0.583. The molecule has 6 nitrogen and oxygen atoms in total. The van der Waals surface area contributed by atoms with Gasteiger partial charge in [-0.2, -0.15) is 5.26 Å². The van der Waals surface area contributed by atoms with Gasteiger partial charge in [-0.3, -0.25) is 10.1 Å². The number of aromatic nitrogens is 2. The predicted molar refractivity (Wildman–Crippen MR) is 113 cm³/mol. The summed E-state index contributed by atoms with van der Waals surface area (Å²) in [6.45, 7) is 2.05. The highest BCUT2D eigenvalue weighted by atomic mass is 32.1. The zero-order valence-electron chi connectivity index (χ0n) is 16.3. The van der Waals surface area contributed by atoms with Crippen molar-refractivity contribution in [2.45, 2.75) is 26.4 Å². The van der Waals surface area contributed by atoms with Gasteiger partial charge in [0.15, 0.2) is 0 Å². The van der Waals surface area contributed by atoms with Crippen LogP contribution < -0.4 is 10.1 Å². The van der Waals surface area contributed by atoms with Crippen LogP contribution in [0.4, 0.5) is 9.52 Å². The van der Waals surface area contributed by atoms with Crippen LogP contribution in [0.5, 0.6) is 5.75 Å². The van der Waals surface area contributed by atoms with Gasteiger partial charge in [0.1, 0.15) is 34.8 Å². The third kappa shape index (κ3) is 5.49. The van der Waals surface area contributed by atoms with Crippen molar-refractivity contribution in [1.82, 2.24) is 10.2 Å². The summed E-state index contributed by atoms with van der Waals surface area (Å²) >= 11 is 1.28. The lowest BCUT2D eigenvalue weighted by atomic mass is 10.1. The fraction of sp³-hybridized carbons (Fsp3) is 0.182. The first-order valence-corrected chi connectivity index (χ1v) is 10.1. The number of hydrogen-bond acceptors (Lipinski definition) is 6. The zero-order valence-corrected chi connectivity index (χ0v) is 17.1. The van der Waals surface area contributed by atoms with Crippen molar-refractivity contribution in [2.75, 3.05) is 5.32 Å². The molecule has 0 saturated heterocycles. The summed E-state index contributed by atoms with van der Waals surface area (Å²) in [6, 6.07) is 15.2. The van der Waals surface area contributed by atoms with Crippen LogP contribution in [0, 0.1) is 17.1 Å². The summed E-state index contributed by atoms with van der Waals surface area (Å²) in [6.07, 6.45) is 3.14. The van der Waals surface area contributed by atoms with E-state index in [9.17, 15) is 14.4 Å². The molecule has 3 rings (SSSR count). The molecule has 3 aromatic rings. The van der Waals surface area contributed by atoms with Gasteiger partial charge in [0.2, 0.25) is 5.13 Å². The van der Waals surface area contributed by atoms with Crippen molar-refractivity contribution < 1.29 is 13.9 Å². The van der Waals surface area contributed by atoms with E-state index in [0.717, 1.165) is 17.8 Å². The normalized spacial score (nSPS) is 11.0. The van der Waals surface area contributed by atoms with Gasteiger partial charge in [-0.1, -0.05) is 54.7 Å². The fourth-order valence-corrected chi connectivity index (χ4v) is 3.43. The van der Waals surface area contributed by atoms with E-state index in [1.165, 1.54) is 23.5 Å². The first kappa shape index (κ1) is 21.1. The van der Waals surface area contributed by atoms with E-state index in [0.29, 0.717) is 22.0 Å². The monoisotopic (exact) mass is 422 g/mol. The second kappa shape index (κ2) is 10.3. The lowest BCUT2D eigenvalue weighted by molar-refractivity contribution is -0.112. The van der Waals surface area contributed by atoms with E-state index < -0.39 is 5.91 Å². The van der Waals surface area contributed by atoms with E-state index in [1.54, 1.807) is 42.5 Å². The molecule has 0 spiro atoms. The Morgan fingerprint density at radius 2 is 2.00 bits per heavy atom. The van der Waals surface area contributed by atoms with Gasteiger partial charge in [0.25, 0.3) is 5.91 Å². The van der Waals surface area contributed by atoms with Gasteiger partial charge in [-0.25, -0.2) is 4.39 Å². The van der Waals surface area contributed by atoms with Crippen molar-refractivity contribution in [1.29, 1.82) is 5.26 Å². The van der Waals surface area contributed by atoms with Gasteiger partial charge in [0, 0.05) is 17.5 Å². The molecule has 0 atom stereocenters. The zero-order chi connectivity index (χ0) is 21.3. The van der Waals surface area contributed by atoms with Crippen LogP contribution in [-0.2, 0) is 17.8 Å². The average Bonchev–Trinajstić information content (AvgIpc) is 3.19. The van der Waals surface area contributed by atoms with Crippen molar-refractivity contribution >= 4 is 28.5 Å². The smallest absolute Gasteiger partial charge is 0.268 e. The molecule has 0 aliphatic rings. The van der Waals surface area contributed by atoms with Crippen LogP contribution in [0.3, 0.4) is 0 Å². The molecule has 0 aliphatic carbocycles. The Morgan fingerprint density at radius 3 is 2.77 bits per heavy atom. The molecule has 0 fully saturated rings. The predicted octanol–water partition coefficient (Wildman–Crippen LogP) is 4.75. The molecular formula is C22H19FN4O2S. The number of halogens is 1. The van der Waals surface area contributed by atoms with Crippen molar-refractivity contribution in [3.8, 4) is 11.8 Å². The third-order valence-electron chi connectivity index (χ3n) is 4.08. The van der Waals surface area contributed by atoms with Crippen molar-refractivity contribution in [3.05, 3.63) is 76.1 Å². The van der Waals surface area contributed by atoms with Crippen molar-refractivity contribution in [2.24, 2.45) is 0 Å². The molecule has 0 bridgehead atoms. The number of carbonyl (C=O) groups excluding carboxylic acids is 1. The Kier molecular flexibility index (Phi) is 7.24. The largest absolute Gasteiger partial charge is 0.488 e. The van der Waals surface area contributed by atoms with E-state index in [-0.39, 0.29) is 18.0 Å². The number of anilines is 1. The summed E-state index contributed by atoms with van der Waals surface area (Å²) in [5, 5.41) is 21.2. The lowest BCUT2D eigenvalue weighted by Gasteiger charge is -2.10. The fourth-order valence-electron chi connectivity index (χ4n) is 2.59. The molecule has 0 aliphatic heterocycles. The number of nitrogens with one attached hydrogen (secondary N) is 1. The second-order valence-corrected chi connectivity index (χ2v) is 7.35. The number of ether oxygens (including phenoxy) is 1. The SMILES string of the molecule is CCCc1nnc(NC(=O)/C(C#N)=C\c2ccccc2OCc2ccccc2F)s1. The molecule has 0 unspecified atom stereocenters. The molecule has 152 valence electrons. The number of aryl methyl sites for hydroxylation is 1.